The Morgan fingerprint density at radius 2 is 1.94 bits per heavy atom. The van der Waals surface area contributed by atoms with Gasteiger partial charge in [0.15, 0.2) is 0 Å². The standard InChI is InChI=1S/C14H17NO2S/c16-18(17,11-12-5-2-1-3-6-12)15-13-7-4-8-14(15)10-9-13/h1-7,13-14H,8-11H2. The van der Waals surface area contributed by atoms with Crippen molar-refractivity contribution in [2.45, 2.75) is 37.1 Å². The molecular weight excluding hydrogens is 246 g/mol. The molecule has 1 aromatic carbocycles. The van der Waals surface area contributed by atoms with Gasteiger partial charge in [-0.25, -0.2) is 8.42 Å². The average Bonchev–Trinajstić information content (AvgIpc) is 2.62. The second-order valence-corrected chi connectivity index (χ2v) is 6.91. The van der Waals surface area contributed by atoms with Gasteiger partial charge in [-0.2, -0.15) is 4.31 Å². The van der Waals surface area contributed by atoms with Crippen LogP contribution in [0.15, 0.2) is 42.5 Å². The highest BCUT2D eigenvalue weighted by Gasteiger charge is 2.41. The quantitative estimate of drug-likeness (QED) is 0.785. The van der Waals surface area contributed by atoms with E-state index in [0.29, 0.717) is 0 Å². The molecular formula is C14H17NO2S. The molecule has 2 aliphatic rings. The Balaban J connectivity index is 1.85. The van der Waals surface area contributed by atoms with Crippen molar-refractivity contribution in [3.8, 4) is 0 Å². The molecule has 0 aromatic heterocycles. The molecule has 2 unspecified atom stereocenters. The summed E-state index contributed by atoms with van der Waals surface area (Å²) in [7, 11) is -3.19. The van der Waals surface area contributed by atoms with Gasteiger partial charge < -0.3 is 0 Å². The lowest BCUT2D eigenvalue weighted by molar-refractivity contribution is 0.340. The third-order valence-corrected chi connectivity index (χ3v) is 5.67. The van der Waals surface area contributed by atoms with Gasteiger partial charge in [0, 0.05) is 12.1 Å². The summed E-state index contributed by atoms with van der Waals surface area (Å²) >= 11 is 0. The first kappa shape index (κ1) is 11.9. The third kappa shape index (κ3) is 2.10. The van der Waals surface area contributed by atoms with Crippen LogP contribution in [0.5, 0.6) is 0 Å². The van der Waals surface area contributed by atoms with Gasteiger partial charge in [0.1, 0.15) is 0 Å². The first-order valence-corrected chi connectivity index (χ1v) is 7.99. The van der Waals surface area contributed by atoms with Crippen LogP contribution in [0, 0.1) is 0 Å². The van der Waals surface area contributed by atoms with Gasteiger partial charge in [0.25, 0.3) is 0 Å². The molecule has 1 aromatic rings. The zero-order valence-corrected chi connectivity index (χ0v) is 11.0. The van der Waals surface area contributed by atoms with Crippen LogP contribution in [0.25, 0.3) is 0 Å². The summed E-state index contributed by atoms with van der Waals surface area (Å²) < 4.78 is 26.8. The Bertz CT molecular complexity index is 550. The molecule has 2 atom stereocenters. The lowest BCUT2D eigenvalue weighted by Crippen LogP contribution is -2.42. The van der Waals surface area contributed by atoms with Crippen LogP contribution in [-0.4, -0.2) is 24.8 Å². The first-order chi connectivity index (χ1) is 8.67. The Labute approximate surface area is 108 Å². The molecule has 3 nitrogen and oxygen atoms in total. The molecule has 1 saturated heterocycles. The third-order valence-electron chi connectivity index (χ3n) is 3.76. The lowest BCUT2D eigenvalue weighted by atomic mass is 10.2. The zero-order chi connectivity index (χ0) is 12.6. The van der Waals surface area contributed by atoms with Crippen molar-refractivity contribution in [1.82, 2.24) is 4.31 Å². The molecule has 0 amide bonds. The summed E-state index contributed by atoms with van der Waals surface area (Å²) in [4.78, 5) is 0. The monoisotopic (exact) mass is 263 g/mol. The van der Waals surface area contributed by atoms with E-state index >= 15 is 0 Å². The number of benzene rings is 1. The van der Waals surface area contributed by atoms with E-state index in [0.717, 1.165) is 24.8 Å². The SMILES string of the molecule is O=S(=O)(Cc1ccccc1)N1C2C=CCC1CC2. The lowest BCUT2D eigenvalue weighted by Gasteiger charge is -2.30. The summed E-state index contributed by atoms with van der Waals surface area (Å²) in [6, 6.07) is 9.71. The van der Waals surface area contributed by atoms with Crippen LogP contribution in [0.2, 0.25) is 0 Å². The minimum Gasteiger partial charge on any atom is -0.212 e. The highest BCUT2D eigenvalue weighted by Crippen LogP contribution is 2.34. The van der Waals surface area contributed by atoms with Crippen molar-refractivity contribution in [1.29, 1.82) is 0 Å². The van der Waals surface area contributed by atoms with Crippen molar-refractivity contribution in [3.05, 3.63) is 48.0 Å². The molecule has 0 radical (unpaired) electrons. The Morgan fingerprint density at radius 3 is 2.67 bits per heavy atom. The maximum atomic E-state index is 12.5. The second-order valence-electron chi connectivity index (χ2n) is 5.03. The van der Waals surface area contributed by atoms with Crippen molar-refractivity contribution < 1.29 is 8.42 Å². The maximum absolute atomic E-state index is 12.5. The van der Waals surface area contributed by atoms with E-state index in [1.807, 2.05) is 36.4 Å². The number of hydrogen-bond acceptors (Lipinski definition) is 2. The van der Waals surface area contributed by atoms with E-state index < -0.39 is 10.0 Å². The first-order valence-electron chi connectivity index (χ1n) is 6.38. The molecule has 2 heterocycles. The van der Waals surface area contributed by atoms with E-state index in [1.165, 1.54) is 0 Å². The van der Waals surface area contributed by atoms with E-state index in [4.69, 9.17) is 0 Å². The number of rotatable bonds is 3. The van der Waals surface area contributed by atoms with Gasteiger partial charge in [0.05, 0.1) is 5.75 Å². The predicted octanol–water partition coefficient (Wildman–Crippen LogP) is 2.31. The summed E-state index contributed by atoms with van der Waals surface area (Å²) in [5.74, 6) is 0.120. The largest absolute Gasteiger partial charge is 0.219 e. The zero-order valence-electron chi connectivity index (χ0n) is 10.2. The fourth-order valence-corrected chi connectivity index (χ4v) is 4.97. The van der Waals surface area contributed by atoms with Gasteiger partial charge in [0.2, 0.25) is 10.0 Å². The van der Waals surface area contributed by atoms with Crippen molar-refractivity contribution in [3.63, 3.8) is 0 Å². The number of hydrogen-bond donors (Lipinski definition) is 0. The minimum absolute atomic E-state index is 0.0949. The molecule has 0 N–H and O–H groups in total. The summed E-state index contributed by atoms with van der Waals surface area (Å²) in [6.07, 6.45) is 6.99. The number of sulfonamides is 1. The van der Waals surface area contributed by atoms with Crippen LogP contribution < -0.4 is 0 Å². The molecule has 0 spiro atoms. The van der Waals surface area contributed by atoms with E-state index in [9.17, 15) is 8.42 Å². The average molecular weight is 263 g/mol. The highest BCUT2D eigenvalue weighted by molar-refractivity contribution is 7.88. The minimum atomic E-state index is -3.19. The number of nitrogens with zero attached hydrogens (tertiary/aromatic N) is 1. The van der Waals surface area contributed by atoms with Crippen LogP contribution in [0.3, 0.4) is 0 Å². The molecule has 3 rings (SSSR count). The van der Waals surface area contributed by atoms with Crippen LogP contribution in [0.1, 0.15) is 24.8 Å². The summed E-state index contributed by atoms with van der Waals surface area (Å²) in [5.41, 5.74) is 0.867. The fraction of sp³-hybridized carbons (Fsp3) is 0.429. The van der Waals surface area contributed by atoms with Crippen molar-refractivity contribution in [2.24, 2.45) is 0 Å². The highest BCUT2D eigenvalue weighted by atomic mass is 32.2. The van der Waals surface area contributed by atoms with Crippen molar-refractivity contribution >= 4 is 10.0 Å². The van der Waals surface area contributed by atoms with Crippen LogP contribution in [0.4, 0.5) is 0 Å². The normalized spacial score (nSPS) is 27.6. The summed E-state index contributed by atoms with van der Waals surface area (Å²) in [6.45, 7) is 0. The van der Waals surface area contributed by atoms with Crippen LogP contribution >= 0.6 is 0 Å². The molecule has 2 aliphatic heterocycles. The molecule has 18 heavy (non-hydrogen) atoms. The Hall–Kier alpha value is -1.13. The molecule has 4 heteroatoms. The predicted molar refractivity (Wildman–Crippen MR) is 71.5 cm³/mol. The topological polar surface area (TPSA) is 37.4 Å². The van der Waals surface area contributed by atoms with E-state index in [-0.39, 0.29) is 17.8 Å². The molecule has 0 aliphatic carbocycles. The van der Waals surface area contributed by atoms with E-state index in [1.54, 1.807) is 4.31 Å². The second kappa shape index (κ2) is 4.52. The Morgan fingerprint density at radius 1 is 1.17 bits per heavy atom. The Kier molecular flexibility index (Phi) is 2.99. The smallest absolute Gasteiger partial charge is 0.212 e. The molecule has 1 fully saturated rings. The fourth-order valence-electron chi connectivity index (χ4n) is 2.98. The van der Waals surface area contributed by atoms with E-state index in [2.05, 4.69) is 6.08 Å². The van der Waals surface area contributed by atoms with Gasteiger partial charge >= 0.3 is 0 Å². The van der Waals surface area contributed by atoms with Gasteiger partial charge in [-0.1, -0.05) is 42.5 Å². The van der Waals surface area contributed by atoms with Crippen LogP contribution in [-0.2, 0) is 15.8 Å². The van der Waals surface area contributed by atoms with Gasteiger partial charge in [-0.3, -0.25) is 0 Å². The molecule has 0 saturated carbocycles. The molecule has 96 valence electrons. The maximum Gasteiger partial charge on any atom is 0.219 e. The molecule has 2 bridgehead atoms. The van der Waals surface area contributed by atoms with Gasteiger partial charge in [-0.05, 0) is 24.8 Å². The number of fused-ring (bicyclic) bond motifs is 2. The van der Waals surface area contributed by atoms with Gasteiger partial charge in [-0.15, -0.1) is 0 Å². The van der Waals surface area contributed by atoms with Crippen molar-refractivity contribution in [2.75, 3.05) is 0 Å². The summed E-state index contributed by atoms with van der Waals surface area (Å²) in [5, 5.41) is 0.